The summed E-state index contributed by atoms with van der Waals surface area (Å²) >= 11 is 6.10. The van der Waals surface area contributed by atoms with Gasteiger partial charge in [0, 0.05) is 11.6 Å². The molecule has 0 atom stereocenters. The summed E-state index contributed by atoms with van der Waals surface area (Å²) in [5.74, 6) is 0.0515. The third-order valence-electron chi connectivity index (χ3n) is 4.38. The fourth-order valence-corrected chi connectivity index (χ4v) is 3.05. The molecule has 1 heterocycles. The van der Waals surface area contributed by atoms with Gasteiger partial charge in [-0.3, -0.25) is 4.79 Å². The average molecular weight is 451 g/mol. The number of ether oxygens (including phenoxy) is 2. The van der Waals surface area contributed by atoms with Crippen molar-refractivity contribution in [2.45, 2.75) is 6.92 Å². The Morgan fingerprint density at radius 3 is 2.69 bits per heavy atom. The molecule has 7 nitrogen and oxygen atoms in total. The molecule has 0 radical (unpaired) electrons. The molecule has 0 saturated heterocycles. The number of rotatable bonds is 7. The number of benzene rings is 2. The summed E-state index contributed by atoms with van der Waals surface area (Å²) in [4.78, 5) is 24.6. The zero-order valence-electron chi connectivity index (χ0n) is 17.3. The molecular weight excluding hydrogens is 432 g/mol. The Morgan fingerprint density at radius 1 is 1.19 bits per heavy atom. The van der Waals surface area contributed by atoms with E-state index >= 15 is 0 Å². The molecule has 32 heavy (non-hydrogen) atoms. The van der Waals surface area contributed by atoms with E-state index in [-0.39, 0.29) is 22.8 Å². The van der Waals surface area contributed by atoms with Crippen molar-refractivity contribution in [2.24, 2.45) is 0 Å². The number of para-hydroxylation sites is 2. The Hall–Kier alpha value is -4.02. The minimum atomic E-state index is -0.606. The van der Waals surface area contributed by atoms with E-state index in [1.807, 2.05) is 6.07 Å². The first-order chi connectivity index (χ1) is 15.5. The van der Waals surface area contributed by atoms with E-state index in [9.17, 15) is 14.9 Å². The van der Waals surface area contributed by atoms with E-state index in [0.29, 0.717) is 28.5 Å². The van der Waals surface area contributed by atoms with Gasteiger partial charge >= 0.3 is 5.97 Å². The van der Waals surface area contributed by atoms with Crippen molar-refractivity contribution < 1.29 is 23.5 Å². The summed E-state index contributed by atoms with van der Waals surface area (Å²) in [7, 11) is 1.49. The van der Waals surface area contributed by atoms with Crippen LogP contribution in [0.4, 0.5) is 5.69 Å². The van der Waals surface area contributed by atoms with E-state index in [4.69, 9.17) is 25.5 Å². The highest BCUT2D eigenvalue weighted by Gasteiger charge is 2.16. The number of furan rings is 1. The number of carbonyl (C=O) groups is 2. The minimum Gasteiger partial charge on any atom is -0.495 e. The molecule has 0 spiro atoms. The highest BCUT2D eigenvalue weighted by atomic mass is 35.5. The zero-order valence-corrected chi connectivity index (χ0v) is 18.1. The first kappa shape index (κ1) is 22.7. The summed E-state index contributed by atoms with van der Waals surface area (Å²) in [5, 5.41) is 12.4. The molecule has 0 aliphatic carbocycles. The van der Waals surface area contributed by atoms with Gasteiger partial charge in [0.05, 0.1) is 30.0 Å². The van der Waals surface area contributed by atoms with E-state index in [2.05, 4.69) is 5.32 Å². The molecule has 2 aromatic carbocycles. The minimum absolute atomic E-state index is 0.153. The third-order valence-corrected chi connectivity index (χ3v) is 4.71. The summed E-state index contributed by atoms with van der Waals surface area (Å²) in [6, 6.07) is 16.8. The number of anilines is 1. The third kappa shape index (κ3) is 5.17. The van der Waals surface area contributed by atoms with Gasteiger partial charge in [-0.25, -0.2) is 4.79 Å². The van der Waals surface area contributed by atoms with Gasteiger partial charge < -0.3 is 19.2 Å². The smallest absolute Gasteiger partial charge is 0.339 e. The van der Waals surface area contributed by atoms with Crippen molar-refractivity contribution in [2.75, 3.05) is 19.0 Å². The molecule has 8 heteroatoms. The van der Waals surface area contributed by atoms with E-state index in [1.54, 1.807) is 61.5 Å². The average Bonchev–Trinajstić information content (AvgIpc) is 3.26. The largest absolute Gasteiger partial charge is 0.495 e. The lowest BCUT2D eigenvalue weighted by atomic mass is 10.1. The number of nitriles is 1. The Kier molecular flexibility index (Phi) is 7.32. The first-order valence-corrected chi connectivity index (χ1v) is 9.97. The van der Waals surface area contributed by atoms with Gasteiger partial charge in [-0.2, -0.15) is 5.26 Å². The first-order valence-electron chi connectivity index (χ1n) is 9.59. The van der Waals surface area contributed by atoms with Crippen LogP contribution < -0.4 is 10.1 Å². The van der Waals surface area contributed by atoms with Crippen molar-refractivity contribution in [1.29, 1.82) is 5.26 Å². The fraction of sp³-hybridized carbons (Fsp3) is 0.125. The molecule has 3 rings (SSSR count). The van der Waals surface area contributed by atoms with Crippen LogP contribution in [-0.2, 0) is 9.53 Å². The van der Waals surface area contributed by atoms with Crippen LogP contribution in [0.1, 0.15) is 23.0 Å². The Labute approximate surface area is 189 Å². The maximum absolute atomic E-state index is 12.5. The number of nitrogens with one attached hydrogen (secondary N) is 1. The van der Waals surface area contributed by atoms with E-state index < -0.39 is 11.9 Å². The van der Waals surface area contributed by atoms with Crippen LogP contribution in [0.25, 0.3) is 17.4 Å². The quantitative estimate of drug-likeness (QED) is 0.296. The van der Waals surface area contributed by atoms with E-state index in [0.717, 1.165) is 0 Å². The lowest BCUT2D eigenvalue weighted by Gasteiger charge is -2.08. The van der Waals surface area contributed by atoms with Crippen molar-refractivity contribution in [1.82, 2.24) is 0 Å². The van der Waals surface area contributed by atoms with Gasteiger partial charge in [0.25, 0.3) is 5.91 Å². The van der Waals surface area contributed by atoms with Gasteiger partial charge in [-0.15, -0.1) is 0 Å². The molecule has 0 unspecified atom stereocenters. The summed E-state index contributed by atoms with van der Waals surface area (Å²) in [5.41, 5.74) is 1.09. The van der Waals surface area contributed by atoms with Crippen LogP contribution in [0.3, 0.4) is 0 Å². The van der Waals surface area contributed by atoms with Gasteiger partial charge in [0.2, 0.25) is 0 Å². The van der Waals surface area contributed by atoms with Crippen molar-refractivity contribution >= 4 is 35.2 Å². The predicted octanol–water partition coefficient (Wildman–Crippen LogP) is 5.33. The molecule has 3 aromatic rings. The Bertz CT molecular complexity index is 1220. The molecule has 0 fully saturated rings. The Balaban J connectivity index is 1.84. The number of nitrogens with zero attached hydrogens (tertiary/aromatic N) is 1. The lowest BCUT2D eigenvalue weighted by Crippen LogP contribution is -2.14. The van der Waals surface area contributed by atoms with Crippen molar-refractivity contribution in [3.05, 3.63) is 76.5 Å². The monoisotopic (exact) mass is 450 g/mol. The molecule has 1 N–H and O–H groups in total. The number of hydrogen-bond donors (Lipinski definition) is 1. The van der Waals surface area contributed by atoms with Crippen molar-refractivity contribution in [3.63, 3.8) is 0 Å². The van der Waals surface area contributed by atoms with Crippen LogP contribution in [-0.4, -0.2) is 25.6 Å². The highest BCUT2D eigenvalue weighted by molar-refractivity contribution is 6.33. The second-order valence-electron chi connectivity index (χ2n) is 6.44. The summed E-state index contributed by atoms with van der Waals surface area (Å²) < 4.78 is 16.0. The molecule has 0 aliphatic heterocycles. The standard InChI is InChI=1S/C24H19ClN2O5/c1-3-31-24(29)18-13-15(8-10-19(18)25)21-11-9-17(32-21)12-16(14-26)23(28)27-20-6-4-5-7-22(20)30-2/h4-13H,3H2,1-2H3,(H,27,28)/b16-12+. The number of esters is 1. The van der Waals surface area contributed by atoms with E-state index in [1.165, 1.54) is 13.2 Å². The van der Waals surface area contributed by atoms with Gasteiger partial charge in [0.1, 0.15) is 28.9 Å². The number of carbonyl (C=O) groups excluding carboxylic acids is 2. The van der Waals surface area contributed by atoms with Crippen LogP contribution in [0, 0.1) is 11.3 Å². The van der Waals surface area contributed by atoms with Gasteiger partial charge in [-0.05, 0) is 49.4 Å². The SMILES string of the molecule is CCOC(=O)c1cc(-c2ccc(/C=C(\C#N)C(=O)Nc3ccccc3OC)o2)ccc1Cl. The van der Waals surface area contributed by atoms with Crippen LogP contribution in [0.2, 0.25) is 5.02 Å². The van der Waals surface area contributed by atoms with Crippen molar-refractivity contribution in [3.8, 4) is 23.1 Å². The Morgan fingerprint density at radius 2 is 1.97 bits per heavy atom. The predicted molar refractivity (Wildman–Crippen MR) is 120 cm³/mol. The number of halogens is 1. The molecule has 0 bridgehead atoms. The molecule has 1 amide bonds. The molecular formula is C24H19ClN2O5. The maximum atomic E-state index is 12.5. The molecule has 162 valence electrons. The molecule has 1 aromatic heterocycles. The van der Waals surface area contributed by atoms with Gasteiger partial charge in [0.15, 0.2) is 0 Å². The van der Waals surface area contributed by atoms with Crippen LogP contribution in [0.15, 0.2) is 64.6 Å². The molecule has 0 aliphatic rings. The number of hydrogen-bond acceptors (Lipinski definition) is 6. The lowest BCUT2D eigenvalue weighted by molar-refractivity contribution is -0.112. The topological polar surface area (TPSA) is 102 Å². The van der Waals surface area contributed by atoms with Gasteiger partial charge in [-0.1, -0.05) is 23.7 Å². The maximum Gasteiger partial charge on any atom is 0.339 e. The highest BCUT2D eigenvalue weighted by Crippen LogP contribution is 2.28. The number of methoxy groups -OCH3 is 1. The van der Waals surface area contributed by atoms with Crippen LogP contribution in [0.5, 0.6) is 5.75 Å². The zero-order chi connectivity index (χ0) is 23.1. The second-order valence-corrected chi connectivity index (χ2v) is 6.85. The fourth-order valence-electron chi connectivity index (χ4n) is 2.86. The summed E-state index contributed by atoms with van der Waals surface area (Å²) in [6.07, 6.45) is 1.33. The second kappa shape index (κ2) is 10.3. The summed E-state index contributed by atoms with van der Waals surface area (Å²) in [6.45, 7) is 1.93. The number of amides is 1. The normalized spacial score (nSPS) is 10.9. The molecule has 0 saturated carbocycles. The van der Waals surface area contributed by atoms with Crippen LogP contribution >= 0.6 is 11.6 Å².